The lowest BCUT2D eigenvalue weighted by atomic mass is 10.2. The van der Waals surface area contributed by atoms with E-state index in [2.05, 4.69) is 10.3 Å². The Morgan fingerprint density at radius 3 is 2.79 bits per heavy atom. The molecule has 28 heavy (non-hydrogen) atoms. The van der Waals surface area contributed by atoms with Crippen LogP contribution in [0.15, 0.2) is 53.3 Å². The molecule has 0 N–H and O–H groups in total. The van der Waals surface area contributed by atoms with Crippen LogP contribution in [0.25, 0.3) is 10.9 Å². The van der Waals surface area contributed by atoms with E-state index in [-0.39, 0.29) is 18.4 Å². The molecule has 1 aliphatic rings. The summed E-state index contributed by atoms with van der Waals surface area (Å²) in [6.45, 7) is 0.962. The SMILES string of the molecule is O=C(OCn1nnc2ccccc2c1=O)c1ccc(OC[C@H]2CCCO2)cc1. The molecule has 0 amide bonds. The average molecular weight is 381 g/mol. The lowest BCUT2D eigenvalue weighted by Gasteiger charge is -2.11. The van der Waals surface area contributed by atoms with Crippen molar-refractivity contribution in [3.8, 4) is 5.75 Å². The van der Waals surface area contributed by atoms with Crippen molar-refractivity contribution >= 4 is 16.9 Å². The van der Waals surface area contributed by atoms with E-state index in [1.54, 1.807) is 48.5 Å². The summed E-state index contributed by atoms with van der Waals surface area (Å²) in [5.41, 5.74) is 0.483. The number of aromatic nitrogens is 3. The second-order valence-corrected chi connectivity index (χ2v) is 6.44. The van der Waals surface area contributed by atoms with Crippen LogP contribution in [0.3, 0.4) is 0 Å². The molecule has 2 aromatic carbocycles. The maximum absolute atomic E-state index is 12.3. The summed E-state index contributed by atoms with van der Waals surface area (Å²) in [7, 11) is 0. The quantitative estimate of drug-likeness (QED) is 0.604. The zero-order valence-corrected chi connectivity index (χ0v) is 15.1. The van der Waals surface area contributed by atoms with Crippen molar-refractivity contribution in [2.24, 2.45) is 0 Å². The molecule has 0 spiro atoms. The van der Waals surface area contributed by atoms with Gasteiger partial charge in [-0.25, -0.2) is 4.79 Å². The summed E-state index contributed by atoms with van der Waals surface area (Å²) in [6.07, 6.45) is 2.19. The number of benzene rings is 2. The number of hydrogen-bond acceptors (Lipinski definition) is 7. The number of hydrogen-bond donors (Lipinski definition) is 0. The molecule has 0 bridgehead atoms. The van der Waals surface area contributed by atoms with Gasteiger partial charge in [0.05, 0.1) is 17.1 Å². The van der Waals surface area contributed by atoms with E-state index in [0.29, 0.717) is 28.8 Å². The van der Waals surface area contributed by atoms with Crippen LogP contribution in [0, 0.1) is 0 Å². The molecule has 1 aliphatic heterocycles. The first kappa shape index (κ1) is 18.1. The molecule has 1 fully saturated rings. The van der Waals surface area contributed by atoms with Crippen LogP contribution in [-0.2, 0) is 16.2 Å². The van der Waals surface area contributed by atoms with Crippen LogP contribution < -0.4 is 10.3 Å². The van der Waals surface area contributed by atoms with Crippen molar-refractivity contribution in [3.05, 3.63) is 64.4 Å². The van der Waals surface area contributed by atoms with Crippen molar-refractivity contribution in [1.29, 1.82) is 0 Å². The third kappa shape index (κ3) is 4.01. The van der Waals surface area contributed by atoms with E-state index in [1.165, 1.54) is 0 Å². The van der Waals surface area contributed by atoms with Gasteiger partial charge in [0.15, 0.2) is 6.73 Å². The van der Waals surface area contributed by atoms with Gasteiger partial charge >= 0.3 is 5.97 Å². The van der Waals surface area contributed by atoms with E-state index in [1.807, 2.05) is 0 Å². The molecule has 4 rings (SSSR count). The summed E-state index contributed by atoms with van der Waals surface area (Å²) in [4.78, 5) is 24.6. The maximum atomic E-state index is 12.3. The highest BCUT2D eigenvalue weighted by atomic mass is 16.5. The second kappa shape index (κ2) is 8.18. The third-order valence-corrected chi connectivity index (χ3v) is 4.50. The number of fused-ring (bicyclic) bond motifs is 1. The molecule has 0 radical (unpaired) electrons. The van der Waals surface area contributed by atoms with Crippen molar-refractivity contribution in [3.63, 3.8) is 0 Å². The Bertz CT molecular complexity index is 1030. The molecule has 1 saturated heterocycles. The van der Waals surface area contributed by atoms with Gasteiger partial charge in [0.1, 0.15) is 17.9 Å². The minimum Gasteiger partial charge on any atom is -0.491 e. The standard InChI is InChI=1S/C20H19N3O5/c24-19-17-5-1-2-6-18(17)21-22-23(19)13-28-20(25)14-7-9-15(10-8-14)27-12-16-4-3-11-26-16/h1-2,5-10,16H,3-4,11-13H2/t16-/m1/s1. The predicted molar refractivity (Wildman–Crippen MR) is 100 cm³/mol. The maximum Gasteiger partial charge on any atom is 0.339 e. The van der Waals surface area contributed by atoms with Gasteiger partial charge in [0.2, 0.25) is 0 Å². The van der Waals surface area contributed by atoms with Gasteiger partial charge in [-0.1, -0.05) is 17.3 Å². The number of carbonyl (C=O) groups is 1. The van der Waals surface area contributed by atoms with Crippen molar-refractivity contribution < 1.29 is 19.0 Å². The fraction of sp³-hybridized carbons (Fsp3) is 0.300. The minimum absolute atomic E-state index is 0.131. The first-order chi connectivity index (χ1) is 13.7. The van der Waals surface area contributed by atoms with Gasteiger partial charge in [-0.2, -0.15) is 4.68 Å². The van der Waals surface area contributed by atoms with Crippen molar-refractivity contribution in [2.45, 2.75) is 25.7 Å². The molecule has 144 valence electrons. The van der Waals surface area contributed by atoms with Gasteiger partial charge in [-0.05, 0) is 49.2 Å². The summed E-state index contributed by atoms with van der Waals surface area (Å²) in [5.74, 6) is 0.0937. The number of nitrogens with zero attached hydrogens (tertiary/aromatic N) is 3. The first-order valence-electron chi connectivity index (χ1n) is 9.05. The Morgan fingerprint density at radius 1 is 1.18 bits per heavy atom. The van der Waals surface area contributed by atoms with E-state index in [9.17, 15) is 9.59 Å². The number of esters is 1. The second-order valence-electron chi connectivity index (χ2n) is 6.44. The van der Waals surface area contributed by atoms with E-state index >= 15 is 0 Å². The normalized spacial score (nSPS) is 16.2. The van der Waals surface area contributed by atoms with Crippen LogP contribution in [0.1, 0.15) is 23.2 Å². The molecule has 1 atom stereocenters. The summed E-state index contributed by atoms with van der Waals surface area (Å²) >= 11 is 0. The lowest BCUT2D eigenvalue weighted by molar-refractivity contribution is 0.0336. The monoisotopic (exact) mass is 381 g/mol. The van der Waals surface area contributed by atoms with Gasteiger partial charge < -0.3 is 14.2 Å². The third-order valence-electron chi connectivity index (χ3n) is 4.50. The predicted octanol–water partition coefficient (Wildman–Crippen LogP) is 2.16. The fourth-order valence-electron chi connectivity index (χ4n) is 2.96. The fourth-order valence-corrected chi connectivity index (χ4v) is 2.96. The Labute approximate surface area is 160 Å². The zero-order chi connectivity index (χ0) is 19.3. The highest BCUT2D eigenvalue weighted by molar-refractivity contribution is 5.89. The lowest BCUT2D eigenvalue weighted by Crippen LogP contribution is -2.26. The van der Waals surface area contributed by atoms with Gasteiger partial charge in [0, 0.05) is 6.61 Å². The van der Waals surface area contributed by atoms with E-state index in [4.69, 9.17) is 14.2 Å². The topological polar surface area (TPSA) is 92.5 Å². The molecule has 0 unspecified atom stereocenters. The van der Waals surface area contributed by atoms with Crippen LogP contribution in [0.5, 0.6) is 5.75 Å². The average Bonchev–Trinajstić information content (AvgIpc) is 3.26. The molecule has 0 aliphatic carbocycles. The Hall–Kier alpha value is -3.26. The molecular formula is C20H19N3O5. The number of rotatable bonds is 6. The van der Waals surface area contributed by atoms with Crippen LogP contribution in [0.4, 0.5) is 0 Å². The van der Waals surface area contributed by atoms with Crippen molar-refractivity contribution in [1.82, 2.24) is 15.0 Å². The summed E-state index contributed by atoms with van der Waals surface area (Å²) in [6, 6.07) is 13.5. The highest BCUT2D eigenvalue weighted by Crippen LogP contribution is 2.17. The summed E-state index contributed by atoms with van der Waals surface area (Å²) in [5, 5.41) is 8.16. The Balaban J connectivity index is 1.36. The largest absolute Gasteiger partial charge is 0.491 e. The molecule has 8 heteroatoms. The number of carbonyl (C=O) groups excluding carboxylic acids is 1. The molecule has 0 saturated carbocycles. The van der Waals surface area contributed by atoms with Gasteiger partial charge in [-0.3, -0.25) is 4.79 Å². The van der Waals surface area contributed by atoms with Crippen LogP contribution >= 0.6 is 0 Å². The highest BCUT2D eigenvalue weighted by Gasteiger charge is 2.16. The molecule has 1 aromatic heterocycles. The molecule has 3 aromatic rings. The molecule has 2 heterocycles. The van der Waals surface area contributed by atoms with E-state index in [0.717, 1.165) is 24.1 Å². The minimum atomic E-state index is -0.562. The summed E-state index contributed by atoms with van der Waals surface area (Å²) < 4.78 is 17.4. The van der Waals surface area contributed by atoms with E-state index < -0.39 is 5.97 Å². The first-order valence-corrected chi connectivity index (χ1v) is 9.05. The van der Waals surface area contributed by atoms with Gasteiger partial charge in [0.25, 0.3) is 5.56 Å². The number of ether oxygens (including phenoxy) is 3. The zero-order valence-electron chi connectivity index (χ0n) is 15.1. The smallest absolute Gasteiger partial charge is 0.339 e. The van der Waals surface area contributed by atoms with Crippen LogP contribution in [0.2, 0.25) is 0 Å². The Kier molecular flexibility index (Phi) is 5.29. The molecule has 8 nitrogen and oxygen atoms in total. The Morgan fingerprint density at radius 2 is 2.00 bits per heavy atom. The van der Waals surface area contributed by atoms with Gasteiger partial charge in [-0.15, -0.1) is 5.10 Å². The van der Waals surface area contributed by atoms with Crippen LogP contribution in [-0.4, -0.2) is 40.3 Å². The molecular weight excluding hydrogens is 362 g/mol. The van der Waals surface area contributed by atoms with Crippen molar-refractivity contribution in [2.75, 3.05) is 13.2 Å².